The van der Waals surface area contributed by atoms with Gasteiger partial charge in [0.1, 0.15) is 12.4 Å². The second-order valence-corrected chi connectivity index (χ2v) is 9.86. The van der Waals surface area contributed by atoms with Crippen molar-refractivity contribution in [2.45, 2.75) is 57.2 Å². The number of carbonyl (C=O) groups excluding carboxylic acids is 2. The number of hydrogen-bond donors (Lipinski definition) is 5. The molecule has 5 N–H and O–H groups in total. The first-order valence-corrected chi connectivity index (χ1v) is 12.8. The van der Waals surface area contributed by atoms with Gasteiger partial charge < -0.3 is 20.5 Å². The summed E-state index contributed by atoms with van der Waals surface area (Å²) in [4.78, 5) is 52.8. The van der Waals surface area contributed by atoms with Crippen molar-refractivity contribution in [1.29, 1.82) is 0 Å². The molecule has 2 aliphatic carbocycles. The highest BCUT2D eigenvalue weighted by Gasteiger charge is 2.34. The molecule has 0 spiro atoms. The Labute approximate surface area is 218 Å². The van der Waals surface area contributed by atoms with Crippen LogP contribution in [0.25, 0.3) is 0 Å². The number of benzene rings is 2. The lowest BCUT2D eigenvalue weighted by Crippen LogP contribution is -2.38. The fourth-order valence-electron chi connectivity index (χ4n) is 5.38. The van der Waals surface area contributed by atoms with Crippen molar-refractivity contribution in [3.8, 4) is 11.5 Å². The molecular formula is C28H30N4O6. The number of hydrogen-bond acceptors (Lipinski definition) is 6. The quantitative estimate of drug-likeness (QED) is 0.324. The minimum absolute atomic E-state index is 0.0670. The Morgan fingerprint density at radius 2 is 1.79 bits per heavy atom. The van der Waals surface area contributed by atoms with Gasteiger partial charge in [0.2, 0.25) is 11.7 Å². The van der Waals surface area contributed by atoms with E-state index in [0.29, 0.717) is 25.9 Å². The van der Waals surface area contributed by atoms with Crippen LogP contribution in [0.5, 0.6) is 11.5 Å². The van der Waals surface area contributed by atoms with Crippen molar-refractivity contribution in [2.24, 2.45) is 5.92 Å². The lowest BCUT2D eigenvalue weighted by Gasteiger charge is -2.29. The van der Waals surface area contributed by atoms with Crippen LogP contribution in [0.4, 0.5) is 0 Å². The molecule has 38 heavy (non-hydrogen) atoms. The van der Waals surface area contributed by atoms with E-state index >= 15 is 0 Å². The highest BCUT2D eigenvalue weighted by molar-refractivity contribution is 5.94. The molecule has 1 fully saturated rings. The molecule has 3 aromatic rings. The van der Waals surface area contributed by atoms with Crippen molar-refractivity contribution < 1.29 is 19.4 Å². The van der Waals surface area contributed by atoms with Crippen LogP contribution in [0.3, 0.4) is 0 Å². The molecule has 1 heterocycles. The zero-order valence-electron chi connectivity index (χ0n) is 20.8. The van der Waals surface area contributed by atoms with Crippen molar-refractivity contribution in [2.75, 3.05) is 0 Å². The Morgan fingerprint density at radius 1 is 0.974 bits per heavy atom. The van der Waals surface area contributed by atoms with E-state index in [2.05, 4.69) is 15.6 Å². The molecule has 10 nitrogen and oxygen atoms in total. The van der Waals surface area contributed by atoms with Crippen molar-refractivity contribution in [3.05, 3.63) is 91.8 Å². The number of ether oxygens (including phenoxy) is 1. The summed E-state index contributed by atoms with van der Waals surface area (Å²) in [5.41, 5.74) is 0.881. The first-order chi connectivity index (χ1) is 18.4. The molecule has 198 valence electrons. The Bertz CT molecular complexity index is 1450. The molecule has 0 radical (unpaired) electrons. The molecule has 0 aliphatic heterocycles. The average molecular weight is 519 g/mol. The van der Waals surface area contributed by atoms with Gasteiger partial charge in [0.05, 0.1) is 6.04 Å². The second-order valence-electron chi connectivity index (χ2n) is 9.86. The zero-order chi connectivity index (χ0) is 26.6. The van der Waals surface area contributed by atoms with Crippen molar-refractivity contribution >= 4 is 11.8 Å². The number of carbonyl (C=O) groups is 2. The molecule has 3 atom stereocenters. The average Bonchev–Trinajstić information content (AvgIpc) is 3.39. The molecule has 1 unspecified atom stereocenters. The van der Waals surface area contributed by atoms with Gasteiger partial charge in [0, 0.05) is 12.0 Å². The summed E-state index contributed by atoms with van der Waals surface area (Å²) in [5, 5.41) is 15.8. The van der Waals surface area contributed by atoms with E-state index in [1.807, 2.05) is 53.5 Å². The number of fused-ring (bicyclic) bond motifs is 1. The SMILES string of the molecule is O=C(N[C@H]1CC[C@@H](C(=O)NC2CCCc3c(OCc4ccccc4)cccc32)C1)c1[nH]c(=O)[nH]c(=O)c1O. The van der Waals surface area contributed by atoms with E-state index in [1.165, 1.54) is 0 Å². The normalized spacial score (nSPS) is 20.4. The number of aromatic amines is 2. The fourth-order valence-corrected chi connectivity index (χ4v) is 5.38. The van der Waals surface area contributed by atoms with E-state index in [-0.39, 0.29) is 23.9 Å². The Kier molecular flexibility index (Phi) is 7.30. The predicted octanol–water partition coefficient (Wildman–Crippen LogP) is 2.44. The van der Waals surface area contributed by atoms with Gasteiger partial charge in [-0.2, -0.15) is 0 Å². The largest absolute Gasteiger partial charge is 0.501 e. The summed E-state index contributed by atoms with van der Waals surface area (Å²) in [5.74, 6) is -1.12. The van der Waals surface area contributed by atoms with Crippen LogP contribution in [-0.4, -0.2) is 32.9 Å². The number of rotatable bonds is 7. The number of aromatic nitrogens is 2. The lowest BCUT2D eigenvalue weighted by atomic mass is 9.86. The predicted molar refractivity (Wildman–Crippen MR) is 139 cm³/mol. The summed E-state index contributed by atoms with van der Waals surface area (Å²) < 4.78 is 6.14. The fraction of sp³-hybridized carbons (Fsp3) is 0.357. The number of H-pyrrole nitrogens is 2. The van der Waals surface area contributed by atoms with Crippen LogP contribution in [-0.2, 0) is 17.8 Å². The van der Waals surface area contributed by atoms with Gasteiger partial charge in [-0.25, -0.2) is 4.79 Å². The summed E-state index contributed by atoms with van der Waals surface area (Å²) in [6, 6.07) is 15.5. The maximum Gasteiger partial charge on any atom is 0.326 e. The molecule has 0 saturated heterocycles. The van der Waals surface area contributed by atoms with Crippen LogP contribution in [0.2, 0.25) is 0 Å². The number of aromatic hydroxyl groups is 1. The van der Waals surface area contributed by atoms with E-state index in [0.717, 1.165) is 41.7 Å². The number of nitrogens with one attached hydrogen (secondary N) is 4. The monoisotopic (exact) mass is 518 g/mol. The molecule has 10 heteroatoms. The molecule has 1 aromatic heterocycles. The minimum Gasteiger partial charge on any atom is -0.501 e. The van der Waals surface area contributed by atoms with E-state index < -0.39 is 28.6 Å². The highest BCUT2D eigenvalue weighted by atomic mass is 16.5. The minimum atomic E-state index is -1.04. The van der Waals surface area contributed by atoms with Gasteiger partial charge in [0.15, 0.2) is 5.69 Å². The van der Waals surface area contributed by atoms with Crippen LogP contribution in [0.15, 0.2) is 58.1 Å². The van der Waals surface area contributed by atoms with E-state index in [4.69, 9.17) is 4.74 Å². The third-order valence-corrected chi connectivity index (χ3v) is 7.30. The summed E-state index contributed by atoms with van der Waals surface area (Å²) in [6.07, 6.45) is 4.24. The molecule has 5 rings (SSSR count). The van der Waals surface area contributed by atoms with Gasteiger partial charge in [-0.15, -0.1) is 0 Å². The molecule has 2 aromatic carbocycles. The van der Waals surface area contributed by atoms with Crippen LogP contribution in [0, 0.1) is 5.92 Å². The maximum absolute atomic E-state index is 13.2. The van der Waals surface area contributed by atoms with E-state index in [1.54, 1.807) is 0 Å². The number of amides is 2. The van der Waals surface area contributed by atoms with Crippen molar-refractivity contribution in [3.63, 3.8) is 0 Å². The van der Waals surface area contributed by atoms with Crippen LogP contribution < -0.4 is 26.6 Å². The Balaban J connectivity index is 1.20. The van der Waals surface area contributed by atoms with Gasteiger partial charge in [0.25, 0.3) is 11.5 Å². The summed E-state index contributed by atoms with van der Waals surface area (Å²) in [7, 11) is 0. The third-order valence-electron chi connectivity index (χ3n) is 7.30. The maximum atomic E-state index is 13.2. The third kappa shape index (κ3) is 5.49. The standard InChI is InChI=1S/C28H30N4O6/c33-24-23(31-28(37)32-27(24)36)26(35)29-18-13-12-17(14-18)25(34)30-21-10-4-9-20-19(21)8-5-11-22(20)38-15-16-6-2-1-3-7-16/h1-3,5-8,11,17-18,21,33H,4,9-10,12-15H2,(H,29,35)(H,30,34)(H2,31,32,36,37)/t17-,18+,21?/m1/s1. The van der Waals surface area contributed by atoms with Gasteiger partial charge >= 0.3 is 5.69 Å². The molecule has 2 aliphatic rings. The zero-order valence-corrected chi connectivity index (χ0v) is 20.8. The van der Waals surface area contributed by atoms with Gasteiger partial charge in [-0.1, -0.05) is 42.5 Å². The van der Waals surface area contributed by atoms with Gasteiger partial charge in [-0.3, -0.25) is 24.4 Å². The molecular weight excluding hydrogens is 488 g/mol. The molecule has 2 amide bonds. The van der Waals surface area contributed by atoms with E-state index in [9.17, 15) is 24.3 Å². The second kappa shape index (κ2) is 11.0. The first kappa shape index (κ1) is 25.3. The Morgan fingerprint density at radius 3 is 2.61 bits per heavy atom. The lowest BCUT2D eigenvalue weighted by molar-refractivity contribution is -0.125. The van der Waals surface area contributed by atoms with Crippen molar-refractivity contribution in [1.82, 2.24) is 20.6 Å². The Hall–Kier alpha value is -4.34. The first-order valence-electron chi connectivity index (χ1n) is 12.8. The van der Waals surface area contributed by atoms with Crippen LogP contribution >= 0.6 is 0 Å². The molecule has 1 saturated carbocycles. The van der Waals surface area contributed by atoms with Gasteiger partial charge in [-0.05, 0) is 61.3 Å². The molecule has 0 bridgehead atoms. The highest BCUT2D eigenvalue weighted by Crippen LogP contribution is 2.36. The smallest absolute Gasteiger partial charge is 0.326 e. The summed E-state index contributed by atoms with van der Waals surface area (Å²) >= 11 is 0. The topological polar surface area (TPSA) is 153 Å². The summed E-state index contributed by atoms with van der Waals surface area (Å²) in [6.45, 7) is 0.479. The van der Waals surface area contributed by atoms with Crippen LogP contribution in [0.1, 0.15) is 65.3 Å².